The average molecular weight is 329 g/mol. The molecule has 2 N–H and O–H groups in total. The third-order valence-electron chi connectivity index (χ3n) is 2.81. The number of nitrogens with one attached hydrogen (secondary N) is 1. The second-order valence-electron chi connectivity index (χ2n) is 5.37. The molecule has 0 aliphatic heterocycles. The van der Waals surface area contributed by atoms with E-state index >= 15 is 0 Å². The summed E-state index contributed by atoms with van der Waals surface area (Å²) in [4.78, 5) is 14.0. The molecule has 0 aromatic heterocycles. The van der Waals surface area contributed by atoms with E-state index in [2.05, 4.69) is 21.2 Å². The first-order chi connectivity index (χ1) is 8.70. The van der Waals surface area contributed by atoms with E-state index in [1.54, 1.807) is 13.8 Å². The van der Waals surface area contributed by atoms with Gasteiger partial charge in [-0.25, -0.2) is 0 Å². The van der Waals surface area contributed by atoms with Crippen LogP contribution in [0.3, 0.4) is 0 Å². The van der Waals surface area contributed by atoms with Crippen LogP contribution in [0.1, 0.15) is 20.8 Å². The molecule has 0 aliphatic rings. The highest BCUT2D eigenvalue weighted by atomic mass is 79.9. The van der Waals surface area contributed by atoms with Crippen molar-refractivity contribution >= 4 is 27.5 Å². The minimum absolute atomic E-state index is 0.0985. The number of halogens is 1. The Morgan fingerprint density at radius 3 is 2.58 bits per heavy atom. The Morgan fingerprint density at radius 1 is 1.47 bits per heavy atom. The molecule has 19 heavy (non-hydrogen) atoms. The van der Waals surface area contributed by atoms with Crippen molar-refractivity contribution in [1.82, 2.24) is 4.90 Å². The fraction of sp³-hybridized carbons (Fsp3) is 0.500. The highest BCUT2D eigenvalue weighted by molar-refractivity contribution is 9.10. The summed E-state index contributed by atoms with van der Waals surface area (Å²) in [6, 6.07) is 7.15. The predicted octanol–water partition coefficient (Wildman–Crippen LogP) is 2.48. The first kappa shape index (κ1) is 16.1. The highest BCUT2D eigenvalue weighted by Gasteiger charge is 2.23. The Kier molecular flexibility index (Phi) is 5.52. The second kappa shape index (κ2) is 6.50. The number of para-hydroxylation sites is 1. The maximum atomic E-state index is 12.1. The monoisotopic (exact) mass is 328 g/mol. The Labute approximate surface area is 122 Å². The third-order valence-corrected chi connectivity index (χ3v) is 3.50. The van der Waals surface area contributed by atoms with E-state index in [0.717, 1.165) is 10.2 Å². The number of hydrogen-bond donors (Lipinski definition) is 2. The van der Waals surface area contributed by atoms with Gasteiger partial charge in [0.15, 0.2) is 0 Å². The Bertz CT molecular complexity index is 443. The van der Waals surface area contributed by atoms with Gasteiger partial charge in [0.25, 0.3) is 0 Å². The quantitative estimate of drug-likeness (QED) is 0.873. The van der Waals surface area contributed by atoms with Crippen molar-refractivity contribution in [3.63, 3.8) is 0 Å². The number of benzene rings is 1. The van der Waals surface area contributed by atoms with Gasteiger partial charge in [0, 0.05) is 11.0 Å². The van der Waals surface area contributed by atoms with Crippen LogP contribution in [0, 0.1) is 0 Å². The Morgan fingerprint density at radius 2 is 2.05 bits per heavy atom. The summed E-state index contributed by atoms with van der Waals surface area (Å²) in [5.74, 6) is -0.0985. The highest BCUT2D eigenvalue weighted by Crippen LogP contribution is 2.21. The van der Waals surface area contributed by atoms with Gasteiger partial charge in [-0.15, -0.1) is 0 Å². The molecule has 1 amide bonds. The van der Waals surface area contributed by atoms with E-state index in [9.17, 15) is 9.90 Å². The number of nitrogens with zero attached hydrogens (tertiary/aromatic N) is 1. The predicted molar refractivity (Wildman–Crippen MR) is 81.2 cm³/mol. The van der Waals surface area contributed by atoms with E-state index in [1.807, 2.05) is 43.1 Å². The molecule has 0 aliphatic carbocycles. The number of likely N-dealkylation sites (N-methyl/N-ethyl adjacent to an activating group) is 1. The molecule has 1 aromatic rings. The fourth-order valence-corrected chi connectivity index (χ4v) is 2.13. The molecule has 1 unspecified atom stereocenters. The van der Waals surface area contributed by atoms with Crippen LogP contribution in [-0.2, 0) is 4.79 Å². The Hall–Kier alpha value is -0.910. The van der Waals surface area contributed by atoms with Crippen LogP contribution in [-0.4, -0.2) is 41.1 Å². The number of carbonyl (C=O) groups is 1. The molecule has 0 radical (unpaired) electrons. The van der Waals surface area contributed by atoms with Crippen LogP contribution >= 0.6 is 15.9 Å². The van der Waals surface area contributed by atoms with Gasteiger partial charge >= 0.3 is 0 Å². The van der Waals surface area contributed by atoms with E-state index in [0.29, 0.717) is 6.54 Å². The van der Waals surface area contributed by atoms with Crippen LogP contribution in [0.2, 0.25) is 0 Å². The van der Waals surface area contributed by atoms with Crippen LogP contribution in [0.5, 0.6) is 0 Å². The summed E-state index contributed by atoms with van der Waals surface area (Å²) in [5, 5.41) is 12.6. The lowest BCUT2D eigenvalue weighted by atomic mass is 10.1. The van der Waals surface area contributed by atoms with Gasteiger partial charge in [0.05, 0.1) is 17.3 Å². The summed E-state index contributed by atoms with van der Waals surface area (Å²) in [6.07, 6.45) is 0. The molecule has 1 atom stereocenters. The van der Waals surface area contributed by atoms with Gasteiger partial charge in [-0.05, 0) is 55.9 Å². The molecule has 4 nitrogen and oxygen atoms in total. The van der Waals surface area contributed by atoms with Crippen molar-refractivity contribution in [3.8, 4) is 0 Å². The zero-order chi connectivity index (χ0) is 14.6. The fourth-order valence-electron chi connectivity index (χ4n) is 1.75. The zero-order valence-electron chi connectivity index (χ0n) is 11.8. The SMILES string of the molecule is CC(C(=O)Nc1ccccc1Br)N(C)CC(C)(C)O. The Balaban J connectivity index is 2.65. The zero-order valence-corrected chi connectivity index (χ0v) is 13.4. The molecular formula is C14H21BrN2O2. The van der Waals surface area contributed by atoms with Gasteiger partial charge in [0.2, 0.25) is 5.91 Å². The van der Waals surface area contributed by atoms with E-state index in [4.69, 9.17) is 0 Å². The number of rotatable bonds is 5. The van der Waals surface area contributed by atoms with Gasteiger partial charge in [-0.3, -0.25) is 9.69 Å². The van der Waals surface area contributed by atoms with Crippen LogP contribution < -0.4 is 5.32 Å². The minimum atomic E-state index is -0.823. The van der Waals surface area contributed by atoms with E-state index < -0.39 is 5.60 Å². The van der Waals surface area contributed by atoms with E-state index in [1.165, 1.54) is 0 Å². The first-order valence-corrected chi connectivity index (χ1v) is 6.98. The topological polar surface area (TPSA) is 52.6 Å². The van der Waals surface area contributed by atoms with Gasteiger partial charge in [-0.1, -0.05) is 12.1 Å². The molecule has 5 heteroatoms. The molecule has 0 heterocycles. The molecule has 0 saturated heterocycles. The first-order valence-electron chi connectivity index (χ1n) is 6.19. The summed E-state index contributed by atoms with van der Waals surface area (Å²) >= 11 is 3.39. The van der Waals surface area contributed by atoms with Crippen LogP contribution in [0.15, 0.2) is 28.7 Å². The largest absolute Gasteiger partial charge is 0.389 e. The normalized spacial score (nSPS) is 13.4. The molecular weight excluding hydrogens is 308 g/mol. The number of carbonyl (C=O) groups excluding carboxylic acids is 1. The molecule has 0 bridgehead atoms. The van der Waals surface area contributed by atoms with Crippen molar-refractivity contribution < 1.29 is 9.90 Å². The summed E-state index contributed by atoms with van der Waals surface area (Å²) < 4.78 is 0.848. The average Bonchev–Trinajstić information content (AvgIpc) is 2.28. The lowest BCUT2D eigenvalue weighted by Gasteiger charge is -2.29. The summed E-state index contributed by atoms with van der Waals surface area (Å²) in [7, 11) is 1.82. The van der Waals surface area contributed by atoms with Crippen LogP contribution in [0.25, 0.3) is 0 Å². The van der Waals surface area contributed by atoms with Crippen molar-refractivity contribution in [2.75, 3.05) is 18.9 Å². The molecule has 0 fully saturated rings. The maximum absolute atomic E-state index is 12.1. The number of hydrogen-bond acceptors (Lipinski definition) is 3. The molecule has 1 aromatic carbocycles. The lowest BCUT2D eigenvalue weighted by Crippen LogP contribution is -2.46. The van der Waals surface area contributed by atoms with Crippen molar-refractivity contribution in [2.45, 2.75) is 32.4 Å². The molecule has 0 spiro atoms. The van der Waals surface area contributed by atoms with Gasteiger partial charge in [-0.2, -0.15) is 0 Å². The molecule has 1 rings (SSSR count). The smallest absolute Gasteiger partial charge is 0.241 e. The molecule has 0 saturated carbocycles. The third kappa shape index (κ3) is 5.30. The minimum Gasteiger partial charge on any atom is -0.389 e. The van der Waals surface area contributed by atoms with Crippen LogP contribution in [0.4, 0.5) is 5.69 Å². The van der Waals surface area contributed by atoms with Crippen molar-refractivity contribution in [2.24, 2.45) is 0 Å². The van der Waals surface area contributed by atoms with E-state index in [-0.39, 0.29) is 11.9 Å². The summed E-state index contributed by atoms with van der Waals surface area (Å²) in [5.41, 5.74) is -0.0765. The second-order valence-corrected chi connectivity index (χ2v) is 6.23. The van der Waals surface area contributed by atoms with Gasteiger partial charge < -0.3 is 10.4 Å². The van der Waals surface area contributed by atoms with Gasteiger partial charge in [0.1, 0.15) is 0 Å². The van der Waals surface area contributed by atoms with Crippen molar-refractivity contribution in [1.29, 1.82) is 0 Å². The number of amides is 1. The standard InChI is InChI=1S/C14H21BrN2O2/c1-10(17(4)9-14(2,3)19)13(18)16-12-8-6-5-7-11(12)15/h5-8,10,19H,9H2,1-4H3,(H,16,18). The number of aliphatic hydroxyl groups is 1. The maximum Gasteiger partial charge on any atom is 0.241 e. The lowest BCUT2D eigenvalue weighted by molar-refractivity contribution is -0.121. The summed E-state index contributed by atoms with van der Waals surface area (Å²) in [6.45, 7) is 5.69. The number of anilines is 1. The van der Waals surface area contributed by atoms with Crippen molar-refractivity contribution in [3.05, 3.63) is 28.7 Å². The molecule has 106 valence electrons.